The standard InChI is InChI=1S/C14H19N5S/c1-9-6-12(19-14-16-7-10(2)20-14)18-13(17-9)11-4-3-5-15-8-11/h6-7,11,15H,3-5,8H2,1-2H3,(H,16,17,18,19). The van der Waals surface area contributed by atoms with Crippen molar-refractivity contribution < 1.29 is 0 Å². The van der Waals surface area contributed by atoms with Crippen molar-refractivity contribution in [2.75, 3.05) is 18.4 Å². The Morgan fingerprint density at radius 2 is 2.25 bits per heavy atom. The van der Waals surface area contributed by atoms with Gasteiger partial charge in [0.05, 0.1) is 0 Å². The Kier molecular flexibility index (Phi) is 3.93. The van der Waals surface area contributed by atoms with E-state index in [2.05, 4.69) is 25.6 Å². The molecule has 0 spiro atoms. The molecule has 0 bridgehead atoms. The maximum Gasteiger partial charge on any atom is 0.188 e. The average Bonchev–Trinajstić information content (AvgIpc) is 2.84. The van der Waals surface area contributed by atoms with Crippen molar-refractivity contribution in [1.29, 1.82) is 0 Å². The molecule has 1 fully saturated rings. The lowest BCUT2D eigenvalue weighted by Crippen LogP contribution is -2.29. The third-order valence-electron chi connectivity index (χ3n) is 3.39. The van der Waals surface area contributed by atoms with Crippen LogP contribution in [-0.2, 0) is 0 Å². The van der Waals surface area contributed by atoms with E-state index in [9.17, 15) is 0 Å². The number of hydrogen-bond donors (Lipinski definition) is 2. The van der Waals surface area contributed by atoms with E-state index in [-0.39, 0.29) is 0 Å². The quantitative estimate of drug-likeness (QED) is 0.909. The summed E-state index contributed by atoms with van der Waals surface area (Å²) in [7, 11) is 0. The molecular formula is C14H19N5S. The summed E-state index contributed by atoms with van der Waals surface area (Å²) >= 11 is 1.63. The summed E-state index contributed by atoms with van der Waals surface area (Å²) in [6, 6.07) is 1.97. The first-order chi connectivity index (χ1) is 9.70. The van der Waals surface area contributed by atoms with Crippen molar-refractivity contribution in [3.63, 3.8) is 0 Å². The predicted molar refractivity (Wildman–Crippen MR) is 81.7 cm³/mol. The molecule has 20 heavy (non-hydrogen) atoms. The summed E-state index contributed by atoms with van der Waals surface area (Å²) in [4.78, 5) is 14.8. The molecule has 2 N–H and O–H groups in total. The highest BCUT2D eigenvalue weighted by molar-refractivity contribution is 7.15. The summed E-state index contributed by atoms with van der Waals surface area (Å²) in [6.07, 6.45) is 4.22. The Morgan fingerprint density at radius 1 is 1.35 bits per heavy atom. The van der Waals surface area contributed by atoms with Gasteiger partial charge in [0.1, 0.15) is 11.6 Å². The van der Waals surface area contributed by atoms with Gasteiger partial charge in [-0.25, -0.2) is 15.0 Å². The minimum atomic E-state index is 0.419. The van der Waals surface area contributed by atoms with Crippen molar-refractivity contribution in [1.82, 2.24) is 20.3 Å². The van der Waals surface area contributed by atoms with Gasteiger partial charge in [-0.1, -0.05) is 0 Å². The largest absolute Gasteiger partial charge is 0.316 e. The molecule has 0 saturated carbocycles. The van der Waals surface area contributed by atoms with Gasteiger partial charge in [-0.15, -0.1) is 11.3 Å². The smallest absolute Gasteiger partial charge is 0.188 e. The molecule has 0 amide bonds. The van der Waals surface area contributed by atoms with Crippen LogP contribution < -0.4 is 10.6 Å². The van der Waals surface area contributed by atoms with Crippen LogP contribution in [0.4, 0.5) is 10.9 Å². The van der Waals surface area contributed by atoms with Gasteiger partial charge in [0.2, 0.25) is 0 Å². The van der Waals surface area contributed by atoms with Crippen LogP contribution in [0.1, 0.15) is 35.2 Å². The number of aryl methyl sites for hydroxylation is 2. The summed E-state index contributed by atoms with van der Waals surface area (Å²) in [5, 5.41) is 7.58. The van der Waals surface area contributed by atoms with E-state index in [0.717, 1.165) is 42.0 Å². The Morgan fingerprint density at radius 3 is 2.95 bits per heavy atom. The zero-order chi connectivity index (χ0) is 13.9. The van der Waals surface area contributed by atoms with E-state index in [1.165, 1.54) is 11.3 Å². The van der Waals surface area contributed by atoms with Crippen molar-refractivity contribution in [2.45, 2.75) is 32.6 Å². The highest BCUT2D eigenvalue weighted by atomic mass is 32.1. The molecule has 106 valence electrons. The molecule has 1 atom stereocenters. The third kappa shape index (κ3) is 3.13. The van der Waals surface area contributed by atoms with Crippen molar-refractivity contribution in [2.24, 2.45) is 0 Å². The minimum absolute atomic E-state index is 0.419. The molecule has 0 radical (unpaired) electrons. The lowest BCUT2D eigenvalue weighted by atomic mass is 9.99. The summed E-state index contributed by atoms with van der Waals surface area (Å²) in [5.41, 5.74) is 0.997. The van der Waals surface area contributed by atoms with Gasteiger partial charge < -0.3 is 10.6 Å². The zero-order valence-corrected chi connectivity index (χ0v) is 12.6. The number of thiazole rings is 1. The number of aromatic nitrogens is 3. The van der Waals surface area contributed by atoms with Crippen molar-refractivity contribution in [3.8, 4) is 0 Å². The second kappa shape index (κ2) is 5.85. The molecule has 2 aromatic rings. The highest BCUT2D eigenvalue weighted by Gasteiger charge is 2.18. The fourth-order valence-corrected chi connectivity index (χ4v) is 3.10. The molecule has 1 aliphatic heterocycles. The summed E-state index contributed by atoms with van der Waals surface area (Å²) < 4.78 is 0. The average molecular weight is 289 g/mol. The minimum Gasteiger partial charge on any atom is -0.316 e. The van der Waals surface area contributed by atoms with Gasteiger partial charge in [0.15, 0.2) is 5.13 Å². The van der Waals surface area contributed by atoms with Gasteiger partial charge in [-0.3, -0.25) is 0 Å². The number of rotatable bonds is 3. The van der Waals surface area contributed by atoms with Crippen LogP contribution in [0.2, 0.25) is 0 Å². The van der Waals surface area contributed by atoms with E-state index < -0.39 is 0 Å². The van der Waals surface area contributed by atoms with Gasteiger partial charge in [0.25, 0.3) is 0 Å². The monoisotopic (exact) mass is 289 g/mol. The van der Waals surface area contributed by atoms with Gasteiger partial charge >= 0.3 is 0 Å². The second-order valence-electron chi connectivity index (χ2n) is 5.20. The molecule has 1 unspecified atom stereocenters. The molecule has 5 nitrogen and oxygen atoms in total. The van der Waals surface area contributed by atoms with Crippen molar-refractivity contribution in [3.05, 3.63) is 28.7 Å². The molecule has 3 heterocycles. The van der Waals surface area contributed by atoms with Crippen molar-refractivity contribution >= 4 is 22.3 Å². The first-order valence-corrected chi connectivity index (χ1v) is 7.78. The molecule has 3 rings (SSSR count). The van der Waals surface area contributed by atoms with Crippen LogP contribution in [0.15, 0.2) is 12.3 Å². The molecular weight excluding hydrogens is 270 g/mol. The Labute approximate surface area is 122 Å². The summed E-state index contributed by atoms with van der Waals surface area (Å²) in [6.45, 7) is 6.14. The fraction of sp³-hybridized carbons (Fsp3) is 0.500. The lowest BCUT2D eigenvalue weighted by Gasteiger charge is -2.22. The van der Waals surface area contributed by atoms with Crippen LogP contribution >= 0.6 is 11.3 Å². The molecule has 6 heteroatoms. The van der Waals surface area contributed by atoms with E-state index in [1.807, 2.05) is 26.1 Å². The molecule has 0 aromatic carbocycles. The molecule has 0 aliphatic carbocycles. The first-order valence-electron chi connectivity index (χ1n) is 6.96. The third-order valence-corrected chi connectivity index (χ3v) is 4.22. The van der Waals surface area contributed by atoms with Gasteiger partial charge in [0, 0.05) is 35.3 Å². The lowest BCUT2D eigenvalue weighted by molar-refractivity contribution is 0.446. The Bertz CT molecular complexity index is 589. The number of nitrogens with zero attached hydrogens (tertiary/aromatic N) is 3. The van der Waals surface area contributed by atoms with Gasteiger partial charge in [-0.05, 0) is 33.2 Å². The predicted octanol–water partition coefficient (Wildman–Crippen LogP) is 2.76. The molecule has 1 aliphatic rings. The SMILES string of the molecule is Cc1cc(Nc2ncc(C)s2)nc(C2CCCNC2)n1. The maximum absolute atomic E-state index is 4.67. The number of piperidine rings is 1. The number of anilines is 2. The van der Waals surface area contributed by atoms with Crippen LogP contribution in [0.5, 0.6) is 0 Å². The first kappa shape index (κ1) is 13.5. The zero-order valence-electron chi connectivity index (χ0n) is 11.8. The van der Waals surface area contributed by atoms with Gasteiger partial charge in [-0.2, -0.15) is 0 Å². The van der Waals surface area contributed by atoms with Crippen LogP contribution in [0, 0.1) is 13.8 Å². The Balaban J connectivity index is 1.82. The van der Waals surface area contributed by atoms with E-state index >= 15 is 0 Å². The highest BCUT2D eigenvalue weighted by Crippen LogP contribution is 2.24. The van der Waals surface area contributed by atoms with Crippen LogP contribution in [-0.4, -0.2) is 28.0 Å². The second-order valence-corrected chi connectivity index (χ2v) is 6.43. The molecule has 1 saturated heterocycles. The number of hydrogen-bond acceptors (Lipinski definition) is 6. The van der Waals surface area contributed by atoms with Crippen LogP contribution in [0.3, 0.4) is 0 Å². The van der Waals surface area contributed by atoms with Crippen LogP contribution in [0.25, 0.3) is 0 Å². The Hall–Kier alpha value is -1.53. The van der Waals surface area contributed by atoms with E-state index in [4.69, 9.17) is 0 Å². The maximum atomic E-state index is 4.67. The normalized spacial score (nSPS) is 19.0. The molecule has 2 aromatic heterocycles. The topological polar surface area (TPSA) is 62.7 Å². The fourth-order valence-electron chi connectivity index (χ4n) is 2.43. The van der Waals surface area contributed by atoms with E-state index in [1.54, 1.807) is 11.3 Å². The summed E-state index contributed by atoms with van der Waals surface area (Å²) in [5.74, 6) is 2.20. The van der Waals surface area contributed by atoms with E-state index in [0.29, 0.717) is 5.92 Å². The number of nitrogens with one attached hydrogen (secondary N) is 2.